The zero-order valence-electron chi connectivity index (χ0n) is 8.82. The van der Waals surface area contributed by atoms with Crippen LogP contribution < -0.4 is 0 Å². The van der Waals surface area contributed by atoms with E-state index < -0.39 is 17.9 Å². The van der Waals surface area contributed by atoms with Crippen LogP contribution in [0.1, 0.15) is 44.9 Å². The summed E-state index contributed by atoms with van der Waals surface area (Å²) in [5, 5.41) is 17.4. The lowest BCUT2D eigenvalue weighted by atomic mass is 9.84. The number of rotatable bonds is 5. The summed E-state index contributed by atoms with van der Waals surface area (Å²) in [6.45, 7) is 0. The van der Waals surface area contributed by atoms with Gasteiger partial charge in [0.2, 0.25) is 0 Å². The molecule has 1 fully saturated rings. The fourth-order valence-corrected chi connectivity index (χ4v) is 2.23. The van der Waals surface area contributed by atoms with Crippen molar-refractivity contribution in [2.45, 2.75) is 44.9 Å². The Morgan fingerprint density at radius 1 is 1.06 bits per heavy atom. The Hall–Kier alpha value is -0.294. The predicted molar refractivity (Wildman–Crippen MR) is 63.1 cm³/mol. The van der Waals surface area contributed by atoms with Crippen LogP contribution in [-0.2, 0) is 9.59 Å². The second-order valence-electron chi connectivity index (χ2n) is 4.31. The molecule has 0 heterocycles. The van der Waals surface area contributed by atoms with Gasteiger partial charge in [-0.1, -0.05) is 32.1 Å². The minimum absolute atomic E-state index is 0. The summed E-state index contributed by atoms with van der Waals surface area (Å²) in [7, 11) is 0. The Kier molecular flexibility index (Phi) is 7.75. The third kappa shape index (κ3) is 5.16. The largest absolute Gasteiger partial charge is 0.481 e. The van der Waals surface area contributed by atoms with Crippen molar-refractivity contribution in [3.63, 3.8) is 0 Å². The monoisotopic (exact) mass is 240 g/mol. The lowest BCUT2D eigenvalue weighted by Crippen LogP contribution is -2.24. The minimum Gasteiger partial charge on any atom is -0.481 e. The van der Waals surface area contributed by atoms with Crippen molar-refractivity contribution in [1.29, 1.82) is 0 Å². The zero-order valence-corrected chi connectivity index (χ0v) is 8.82. The number of hydrogen-bond donors (Lipinski definition) is 2. The van der Waals surface area contributed by atoms with Crippen LogP contribution in [0.3, 0.4) is 0 Å². The van der Waals surface area contributed by atoms with Crippen LogP contribution in [0.15, 0.2) is 0 Å². The van der Waals surface area contributed by atoms with Crippen LogP contribution >= 0.6 is 0 Å². The first kappa shape index (κ1) is 15.7. The molecule has 0 radical (unpaired) electrons. The van der Waals surface area contributed by atoms with E-state index in [1.165, 1.54) is 19.3 Å². The van der Waals surface area contributed by atoms with Crippen molar-refractivity contribution in [3.8, 4) is 0 Å². The van der Waals surface area contributed by atoms with E-state index in [2.05, 4.69) is 0 Å². The maximum atomic E-state index is 10.6. The van der Waals surface area contributed by atoms with Crippen LogP contribution in [0.5, 0.6) is 0 Å². The number of aliphatic carboxylic acids is 2. The molecule has 16 heavy (non-hydrogen) atoms. The first-order valence-electron chi connectivity index (χ1n) is 5.57. The quantitative estimate of drug-likeness (QED) is 0.560. The van der Waals surface area contributed by atoms with Gasteiger partial charge in [0.15, 0.2) is 5.92 Å². The molecule has 0 spiro atoms. The molecule has 1 saturated carbocycles. The molecule has 1 aliphatic carbocycles. The summed E-state index contributed by atoms with van der Waals surface area (Å²) in [5.41, 5.74) is 0. The molecule has 0 amide bonds. The SMILES string of the molecule is O=C(O)C(CCC1CCCCC1)C(=O)O.[MgH2]. The van der Waals surface area contributed by atoms with Gasteiger partial charge in [-0.25, -0.2) is 0 Å². The number of carboxylic acid groups (broad SMARTS) is 2. The van der Waals surface area contributed by atoms with Crippen LogP contribution in [-0.4, -0.2) is 45.2 Å². The standard InChI is InChI=1S/C11H18O4.Mg.2H/c12-10(13)9(11(14)15)7-6-8-4-2-1-3-5-8;;;/h8-9H,1-7H2,(H,12,13)(H,14,15);;;. The minimum atomic E-state index is -1.22. The Labute approximate surface area is 112 Å². The molecule has 2 N–H and O–H groups in total. The molecule has 0 aliphatic heterocycles. The van der Waals surface area contributed by atoms with Crippen molar-refractivity contribution in [2.75, 3.05) is 0 Å². The van der Waals surface area contributed by atoms with Crippen molar-refractivity contribution >= 4 is 35.0 Å². The molecule has 5 heteroatoms. The summed E-state index contributed by atoms with van der Waals surface area (Å²) < 4.78 is 0. The van der Waals surface area contributed by atoms with Crippen molar-refractivity contribution < 1.29 is 19.8 Å². The molecule has 90 valence electrons. The van der Waals surface area contributed by atoms with Gasteiger partial charge in [-0.05, 0) is 18.8 Å². The Morgan fingerprint density at radius 2 is 1.56 bits per heavy atom. The first-order chi connectivity index (χ1) is 7.11. The fraction of sp³-hybridized carbons (Fsp3) is 0.818. The summed E-state index contributed by atoms with van der Waals surface area (Å²) in [6.07, 6.45) is 6.94. The normalized spacial score (nSPS) is 16.8. The highest BCUT2D eigenvalue weighted by Crippen LogP contribution is 2.28. The van der Waals surface area contributed by atoms with E-state index in [4.69, 9.17) is 10.2 Å². The summed E-state index contributed by atoms with van der Waals surface area (Å²) >= 11 is 0. The molecule has 4 nitrogen and oxygen atoms in total. The topological polar surface area (TPSA) is 74.6 Å². The van der Waals surface area contributed by atoms with E-state index in [1.807, 2.05) is 0 Å². The molecule has 0 aromatic carbocycles. The second kappa shape index (κ2) is 7.90. The van der Waals surface area contributed by atoms with E-state index >= 15 is 0 Å². The van der Waals surface area contributed by atoms with Crippen LogP contribution in [0, 0.1) is 11.8 Å². The summed E-state index contributed by atoms with van der Waals surface area (Å²) in [4.78, 5) is 21.3. The molecule has 0 aromatic heterocycles. The Bertz CT molecular complexity index is 222. The molecule has 0 atom stereocenters. The van der Waals surface area contributed by atoms with Gasteiger partial charge in [0.05, 0.1) is 0 Å². The van der Waals surface area contributed by atoms with E-state index in [-0.39, 0.29) is 29.5 Å². The fourth-order valence-electron chi connectivity index (χ4n) is 2.23. The average molecular weight is 241 g/mol. The first-order valence-corrected chi connectivity index (χ1v) is 5.57. The van der Waals surface area contributed by atoms with Gasteiger partial charge in [0, 0.05) is 0 Å². The van der Waals surface area contributed by atoms with Gasteiger partial charge in [-0.2, -0.15) is 0 Å². The Balaban J connectivity index is 0.00000225. The maximum absolute atomic E-state index is 10.6. The van der Waals surface area contributed by atoms with E-state index in [0.717, 1.165) is 19.3 Å². The molecule has 0 unspecified atom stereocenters. The van der Waals surface area contributed by atoms with E-state index in [0.29, 0.717) is 5.92 Å². The van der Waals surface area contributed by atoms with Gasteiger partial charge in [-0.15, -0.1) is 0 Å². The molecular formula is C11H20MgO4. The van der Waals surface area contributed by atoms with Gasteiger partial charge in [0.1, 0.15) is 0 Å². The average Bonchev–Trinajstić information content (AvgIpc) is 2.18. The molecular weight excluding hydrogens is 220 g/mol. The van der Waals surface area contributed by atoms with Crippen molar-refractivity contribution in [3.05, 3.63) is 0 Å². The van der Waals surface area contributed by atoms with E-state index in [1.54, 1.807) is 0 Å². The lowest BCUT2D eigenvalue weighted by Gasteiger charge is -2.21. The van der Waals surface area contributed by atoms with Gasteiger partial charge >= 0.3 is 35.0 Å². The maximum Gasteiger partial charge on any atom is 0.317 e. The predicted octanol–water partition coefficient (Wildman–Crippen LogP) is 1.22. The lowest BCUT2D eigenvalue weighted by molar-refractivity contribution is -0.154. The highest BCUT2D eigenvalue weighted by atomic mass is 24.3. The molecule has 1 rings (SSSR count). The van der Waals surface area contributed by atoms with Crippen molar-refractivity contribution in [1.82, 2.24) is 0 Å². The Morgan fingerprint density at radius 3 is 2.00 bits per heavy atom. The molecule has 0 saturated heterocycles. The molecule has 0 bridgehead atoms. The van der Waals surface area contributed by atoms with Gasteiger partial charge in [-0.3, -0.25) is 9.59 Å². The van der Waals surface area contributed by atoms with Crippen LogP contribution in [0.25, 0.3) is 0 Å². The highest BCUT2D eigenvalue weighted by molar-refractivity contribution is 5.92. The second-order valence-corrected chi connectivity index (χ2v) is 4.31. The van der Waals surface area contributed by atoms with Crippen LogP contribution in [0.4, 0.5) is 0 Å². The highest BCUT2D eigenvalue weighted by Gasteiger charge is 2.26. The zero-order chi connectivity index (χ0) is 11.3. The number of carboxylic acids is 2. The molecule has 1 aliphatic rings. The third-order valence-electron chi connectivity index (χ3n) is 3.18. The van der Waals surface area contributed by atoms with Crippen LogP contribution in [0.2, 0.25) is 0 Å². The summed E-state index contributed by atoms with van der Waals surface area (Å²) in [5.74, 6) is -3.09. The third-order valence-corrected chi connectivity index (χ3v) is 3.18. The smallest absolute Gasteiger partial charge is 0.317 e. The number of hydrogen-bond acceptors (Lipinski definition) is 2. The van der Waals surface area contributed by atoms with E-state index in [9.17, 15) is 9.59 Å². The van der Waals surface area contributed by atoms with Gasteiger partial charge in [0.25, 0.3) is 0 Å². The summed E-state index contributed by atoms with van der Waals surface area (Å²) in [6, 6.07) is 0. The number of carbonyl (C=O) groups is 2. The van der Waals surface area contributed by atoms with Crippen molar-refractivity contribution in [2.24, 2.45) is 11.8 Å². The van der Waals surface area contributed by atoms with Gasteiger partial charge < -0.3 is 10.2 Å². The molecule has 0 aromatic rings.